The number of imide groups is 1. The van der Waals surface area contributed by atoms with Crippen LogP contribution in [0.1, 0.15) is 55.7 Å². The van der Waals surface area contributed by atoms with Gasteiger partial charge in [0.25, 0.3) is 5.91 Å². The van der Waals surface area contributed by atoms with Crippen molar-refractivity contribution in [1.82, 2.24) is 25.6 Å². The Balaban J connectivity index is 1.09. The standard InChI is InChI=1S/C27H27BrF2N6O3/c1-15-12-17(28)4-9-23(15)35-14-22(33-34-35)16-2-6-19(7-3-16)31-25(37)11-8-21-26(38)36(27(39)32-21)24-10-5-18(29)13-20(24)30/h4-5,9-10,12-14,16,19,21H,2-3,6-8,11H2,1H3,(H,31,37)(H,32,39). The fourth-order valence-electron chi connectivity index (χ4n) is 5.18. The monoisotopic (exact) mass is 600 g/mol. The predicted molar refractivity (Wildman–Crippen MR) is 142 cm³/mol. The van der Waals surface area contributed by atoms with E-state index in [1.54, 1.807) is 4.68 Å². The maximum Gasteiger partial charge on any atom is 0.329 e. The van der Waals surface area contributed by atoms with Gasteiger partial charge in [0.15, 0.2) is 0 Å². The van der Waals surface area contributed by atoms with E-state index in [2.05, 4.69) is 36.9 Å². The van der Waals surface area contributed by atoms with Crippen LogP contribution in [0.15, 0.2) is 47.1 Å². The summed E-state index contributed by atoms with van der Waals surface area (Å²) in [4.78, 5) is 38.2. The van der Waals surface area contributed by atoms with Gasteiger partial charge in [0.1, 0.15) is 17.7 Å². The van der Waals surface area contributed by atoms with Crippen LogP contribution >= 0.6 is 15.9 Å². The minimum Gasteiger partial charge on any atom is -0.353 e. The summed E-state index contributed by atoms with van der Waals surface area (Å²) in [6.45, 7) is 2.02. The van der Waals surface area contributed by atoms with E-state index in [4.69, 9.17) is 0 Å². The van der Waals surface area contributed by atoms with Crippen LogP contribution in [0.4, 0.5) is 19.3 Å². The Morgan fingerprint density at radius 1 is 1.10 bits per heavy atom. The van der Waals surface area contributed by atoms with Gasteiger partial charge >= 0.3 is 6.03 Å². The first-order chi connectivity index (χ1) is 18.7. The van der Waals surface area contributed by atoms with E-state index in [-0.39, 0.29) is 36.4 Å². The lowest BCUT2D eigenvalue weighted by molar-refractivity contribution is -0.122. The molecule has 2 aliphatic rings. The maximum atomic E-state index is 14.1. The molecule has 0 radical (unpaired) electrons. The SMILES string of the molecule is Cc1cc(Br)ccc1-n1cc(C2CCC(NC(=O)CCC3NC(=O)N(c4ccc(F)cc4F)C3=O)CC2)nn1. The number of hydrogen-bond donors (Lipinski definition) is 2. The van der Waals surface area contributed by atoms with Gasteiger partial charge in [0.05, 0.1) is 23.3 Å². The highest BCUT2D eigenvalue weighted by Crippen LogP contribution is 2.32. The number of benzene rings is 2. The Kier molecular flexibility index (Phi) is 7.74. The highest BCUT2D eigenvalue weighted by molar-refractivity contribution is 9.10. The molecule has 2 N–H and O–H groups in total. The smallest absolute Gasteiger partial charge is 0.329 e. The minimum atomic E-state index is -1.02. The van der Waals surface area contributed by atoms with Crippen molar-refractivity contribution in [3.8, 4) is 5.69 Å². The van der Waals surface area contributed by atoms with Crippen molar-refractivity contribution in [3.05, 3.63) is 70.0 Å². The summed E-state index contributed by atoms with van der Waals surface area (Å²) >= 11 is 3.47. The van der Waals surface area contributed by atoms with Crippen molar-refractivity contribution in [1.29, 1.82) is 0 Å². The van der Waals surface area contributed by atoms with E-state index < -0.39 is 29.6 Å². The normalized spacial score (nSPS) is 21.2. The number of aromatic nitrogens is 3. The first-order valence-electron chi connectivity index (χ1n) is 12.8. The van der Waals surface area contributed by atoms with E-state index in [0.29, 0.717) is 11.0 Å². The van der Waals surface area contributed by atoms with Crippen LogP contribution in [0.2, 0.25) is 0 Å². The van der Waals surface area contributed by atoms with Crippen LogP contribution in [0.3, 0.4) is 0 Å². The Bertz CT molecular complexity index is 1420. The summed E-state index contributed by atoms with van der Waals surface area (Å²) in [5.41, 5.74) is 2.66. The fraction of sp³-hybridized carbons (Fsp3) is 0.370. The lowest BCUT2D eigenvalue weighted by Crippen LogP contribution is -2.38. The summed E-state index contributed by atoms with van der Waals surface area (Å²) in [6, 6.07) is 6.86. The number of hydrogen-bond acceptors (Lipinski definition) is 5. The van der Waals surface area contributed by atoms with Crippen molar-refractivity contribution in [3.63, 3.8) is 0 Å². The largest absolute Gasteiger partial charge is 0.353 e. The summed E-state index contributed by atoms with van der Waals surface area (Å²) < 4.78 is 30.1. The number of carbonyl (C=O) groups is 3. The average Bonchev–Trinajstić information content (AvgIpc) is 3.48. The zero-order chi connectivity index (χ0) is 27.7. The maximum absolute atomic E-state index is 14.1. The van der Waals surface area contributed by atoms with Crippen molar-refractivity contribution in [2.24, 2.45) is 0 Å². The number of amides is 4. The van der Waals surface area contributed by atoms with Crippen LogP contribution in [-0.2, 0) is 9.59 Å². The van der Waals surface area contributed by atoms with Gasteiger partial charge in [-0.25, -0.2) is 23.2 Å². The number of nitrogens with zero attached hydrogens (tertiary/aromatic N) is 4. The second kappa shape index (κ2) is 11.2. The van der Waals surface area contributed by atoms with Gasteiger partial charge in [-0.1, -0.05) is 21.1 Å². The molecule has 1 aliphatic carbocycles. The van der Waals surface area contributed by atoms with Gasteiger partial charge in [-0.05, 0) is 74.9 Å². The molecule has 1 saturated heterocycles. The molecule has 1 saturated carbocycles. The van der Waals surface area contributed by atoms with Crippen molar-refractivity contribution >= 4 is 39.5 Å². The molecule has 1 unspecified atom stereocenters. The first kappa shape index (κ1) is 26.9. The molecule has 0 bridgehead atoms. The summed E-state index contributed by atoms with van der Waals surface area (Å²) in [7, 11) is 0. The number of urea groups is 1. The number of aryl methyl sites for hydroxylation is 1. The summed E-state index contributed by atoms with van der Waals surface area (Å²) in [5.74, 6) is -2.47. The van der Waals surface area contributed by atoms with Gasteiger partial charge in [0.2, 0.25) is 5.91 Å². The number of rotatable bonds is 7. The average molecular weight is 601 g/mol. The Morgan fingerprint density at radius 2 is 1.85 bits per heavy atom. The molecule has 39 heavy (non-hydrogen) atoms. The number of nitrogens with one attached hydrogen (secondary N) is 2. The van der Waals surface area contributed by atoms with Crippen molar-refractivity contribution in [2.75, 3.05) is 4.90 Å². The van der Waals surface area contributed by atoms with Gasteiger partial charge in [-0.15, -0.1) is 5.10 Å². The fourth-order valence-corrected chi connectivity index (χ4v) is 5.66. The third-order valence-electron chi connectivity index (χ3n) is 7.26. The molecule has 9 nitrogen and oxygen atoms in total. The number of carbonyl (C=O) groups excluding carboxylic acids is 3. The topological polar surface area (TPSA) is 109 Å². The van der Waals surface area contributed by atoms with Crippen molar-refractivity contribution in [2.45, 2.75) is 63.5 Å². The van der Waals surface area contributed by atoms with Gasteiger partial charge in [0, 0.05) is 28.9 Å². The molecule has 0 spiro atoms. The number of halogens is 3. The van der Waals surface area contributed by atoms with E-state index in [9.17, 15) is 23.2 Å². The molecule has 3 aromatic rings. The zero-order valence-electron chi connectivity index (χ0n) is 21.2. The molecule has 12 heteroatoms. The third kappa shape index (κ3) is 5.85. The number of anilines is 1. The third-order valence-corrected chi connectivity index (χ3v) is 7.75. The second-order valence-electron chi connectivity index (χ2n) is 9.94. The van der Waals surface area contributed by atoms with Gasteiger partial charge in [-0.2, -0.15) is 0 Å². The Hall–Kier alpha value is -3.67. The molecule has 2 heterocycles. The molecule has 204 valence electrons. The molecule has 2 aromatic carbocycles. The molecular formula is C27H27BrF2N6O3. The highest BCUT2D eigenvalue weighted by Gasteiger charge is 2.40. The molecule has 5 rings (SSSR count). The summed E-state index contributed by atoms with van der Waals surface area (Å²) in [6.07, 6.45) is 5.36. The van der Waals surface area contributed by atoms with Gasteiger partial charge in [-0.3, -0.25) is 9.59 Å². The van der Waals surface area contributed by atoms with Crippen LogP contribution in [0, 0.1) is 18.6 Å². The van der Waals surface area contributed by atoms with Crippen LogP contribution < -0.4 is 15.5 Å². The van der Waals surface area contributed by atoms with E-state index in [0.717, 1.165) is 59.2 Å². The van der Waals surface area contributed by atoms with Crippen LogP contribution in [0.25, 0.3) is 5.69 Å². The quantitative estimate of drug-likeness (QED) is 0.383. The molecule has 2 fully saturated rings. The molecule has 4 amide bonds. The lowest BCUT2D eigenvalue weighted by Gasteiger charge is -2.28. The lowest BCUT2D eigenvalue weighted by atomic mass is 9.84. The van der Waals surface area contributed by atoms with Crippen molar-refractivity contribution < 1.29 is 23.2 Å². The van der Waals surface area contributed by atoms with E-state index in [1.807, 2.05) is 31.3 Å². The minimum absolute atomic E-state index is 0.0104. The van der Waals surface area contributed by atoms with Crippen LogP contribution in [0.5, 0.6) is 0 Å². The molecule has 1 atom stereocenters. The second-order valence-corrected chi connectivity index (χ2v) is 10.9. The zero-order valence-corrected chi connectivity index (χ0v) is 22.7. The highest BCUT2D eigenvalue weighted by atomic mass is 79.9. The predicted octanol–water partition coefficient (Wildman–Crippen LogP) is 4.66. The van der Waals surface area contributed by atoms with E-state index >= 15 is 0 Å². The molecular weight excluding hydrogens is 574 g/mol. The van der Waals surface area contributed by atoms with Crippen LogP contribution in [-0.4, -0.2) is 44.9 Å². The Labute approximate surface area is 232 Å². The first-order valence-corrected chi connectivity index (χ1v) is 13.6. The summed E-state index contributed by atoms with van der Waals surface area (Å²) in [5, 5.41) is 14.2. The molecule has 1 aromatic heterocycles. The molecule has 1 aliphatic heterocycles. The van der Waals surface area contributed by atoms with Gasteiger partial charge < -0.3 is 10.6 Å². The Morgan fingerprint density at radius 3 is 2.56 bits per heavy atom. The van der Waals surface area contributed by atoms with E-state index in [1.165, 1.54) is 0 Å².